The van der Waals surface area contributed by atoms with Gasteiger partial charge in [0.05, 0.1) is 16.5 Å². The van der Waals surface area contributed by atoms with Crippen LogP contribution in [-0.4, -0.2) is 49.7 Å². The molecule has 140 valence electrons. The molecule has 0 aromatic heterocycles. The molecule has 1 aliphatic rings. The van der Waals surface area contributed by atoms with Crippen LogP contribution in [0.5, 0.6) is 0 Å². The molecule has 0 spiro atoms. The van der Waals surface area contributed by atoms with E-state index in [0.29, 0.717) is 24.2 Å². The summed E-state index contributed by atoms with van der Waals surface area (Å²) in [6.45, 7) is 5.03. The number of nitrogens with zero attached hydrogens (tertiary/aromatic N) is 3. The van der Waals surface area contributed by atoms with Crippen LogP contribution in [0.4, 0.5) is 0 Å². The van der Waals surface area contributed by atoms with Crippen molar-refractivity contribution in [2.24, 2.45) is 0 Å². The van der Waals surface area contributed by atoms with Gasteiger partial charge in [0, 0.05) is 31.7 Å². The predicted octanol–water partition coefficient (Wildman–Crippen LogP) is 2.32. The lowest BCUT2D eigenvalue weighted by atomic mass is 10.1. The van der Waals surface area contributed by atoms with Crippen molar-refractivity contribution < 1.29 is 13.2 Å². The predicted molar refractivity (Wildman–Crippen MR) is 102 cm³/mol. The van der Waals surface area contributed by atoms with E-state index in [1.807, 2.05) is 26.0 Å². The second-order valence-electron chi connectivity index (χ2n) is 6.63. The smallest absolute Gasteiger partial charge is 0.253 e. The van der Waals surface area contributed by atoms with Gasteiger partial charge < -0.3 is 4.90 Å². The van der Waals surface area contributed by atoms with Gasteiger partial charge in [-0.1, -0.05) is 6.07 Å². The van der Waals surface area contributed by atoms with Crippen LogP contribution in [0.3, 0.4) is 0 Å². The summed E-state index contributed by atoms with van der Waals surface area (Å²) < 4.78 is 27.1. The fourth-order valence-corrected chi connectivity index (χ4v) is 4.53. The second kappa shape index (κ2) is 7.51. The molecule has 0 bridgehead atoms. The number of aryl methyl sites for hydroxylation is 2. The Balaban J connectivity index is 1.69. The normalized spacial score (nSPS) is 15.4. The van der Waals surface area contributed by atoms with Crippen LogP contribution in [0.2, 0.25) is 0 Å². The molecule has 1 fully saturated rings. The van der Waals surface area contributed by atoms with Crippen LogP contribution < -0.4 is 0 Å². The molecule has 2 aromatic carbocycles. The third-order valence-electron chi connectivity index (χ3n) is 4.90. The van der Waals surface area contributed by atoms with E-state index in [4.69, 9.17) is 5.26 Å². The SMILES string of the molecule is Cc1ccc(S(=O)(=O)N2CCN(C(=O)c3ccc(C#N)cc3)CC2)cc1C. The second-order valence-corrected chi connectivity index (χ2v) is 8.57. The zero-order valence-electron chi connectivity index (χ0n) is 15.3. The van der Waals surface area contributed by atoms with E-state index in [0.717, 1.165) is 11.1 Å². The summed E-state index contributed by atoms with van der Waals surface area (Å²) in [5.41, 5.74) is 2.98. The maximum atomic E-state index is 12.9. The highest BCUT2D eigenvalue weighted by atomic mass is 32.2. The zero-order valence-corrected chi connectivity index (χ0v) is 16.2. The van der Waals surface area contributed by atoms with Gasteiger partial charge in [-0.15, -0.1) is 0 Å². The number of carbonyl (C=O) groups is 1. The maximum Gasteiger partial charge on any atom is 0.253 e. The number of benzene rings is 2. The van der Waals surface area contributed by atoms with Crippen molar-refractivity contribution in [3.63, 3.8) is 0 Å². The lowest BCUT2D eigenvalue weighted by Gasteiger charge is -2.34. The van der Waals surface area contributed by atoms with E-state index in [9.17, 15) is 13.2 Å². The Bertz CT molecular complexity index is 1000. The molecule has 0 radical (unpaired) electrons. The van der Waals surface area contributed by atoms with Gasteiger partial charge in [0.2, 0.25) is 10.0 Å². The van der Waals surface area contributed by atoms with Crippen LogP contribution in [0, 0.1) is 25.2 Å². The van der Waals surface area contributed by atoms with Crippen molar-refractivity contribution in [1.82, 2.24) is 9.21 Å². The van der Waals surface area contributed by atoms with Gasteiger partial charge in [-0.2, -0.15) is 9.57 Å². The fourth-order valence-electron chi connectivity index (χ4n) is 3.02. The lowest BCUT2D eigenvalue weighted by molar-refractivity contribution is 0.0698. The highest BCUT2D eigenvalue weighted by molar-refractivity contribution is 7.89. The Labute approximate surface area is 159 Å². The minimum Gasteiger partial charge on any atom is -0.336 e. The van der Waals surface area contributed by atoms with Crippen LogP contribution in [0.1, 0.15) is 27.0 Å². The first kappa shape index (κ1) is 19.1. The van der Waals surface area contributed by atoms with Crippen molar-refractivity contribution in [1.29, 1.82) is 5.26 Å². The monoisotopic (exact) mass is 383 g/mol. The zero-order chi connectivity index (χ0) is 19.6. The highest BCUT2D eigenvalue weighted by Gasteiger charge is 2.30. The minimum atomic E-state index is -3.56. The number of rotatable bonds is 3. The molecule has 1 saturated heterocycles. The number of nitriles is 1. The molecule has 0 aliphatic carbocycles. The summed E-state index contributed by atoms with van der Waals surface area (Å²) in [4.78, 5) is 14.5. The molecule has 0 unspecified atom stereocenters. The maximum absolute atomic E-state index is 12.9. The first-order valence-corrected chi connectivity index (χ1v) is 10.1. The Morgan fingerprint density at radius 2 is 1.59 bits per heavy atom. The summed E-state index contributed by atoms with van der Waals surface area (Å²) in [6, 6.07) is 13.6. The average molecular weight is 383 g/mol. The molecule has 6 nitrogen and oxygen atoms in total. The molecule has 2 aromatic rings. The summed E-state index contributed by atoms with van der Waals surface area (Å²) >= 11 is 0. The van der Waals surface area contributed by atoms with Gasteiger partial charge in [0.15, 0.2) is 0 Å². The molecule has 27 heavy (non-hydrogen) atoms. The number of amides is 1. The molecule has 1 aliphatic heterocycles. The Kier molecular flexibility index (Phi) is 5.31. The van der Waals surface area contributed by atoms with E-state index >= 15 is 0 Å². The van der Waals surface area contributed by atoms with E-state index in [1.165, 1.54) is 4.31 Å². The van der Waals surface area contributed by atoms with Gasteiger partial charge in [0.1, 0.15) is 0 Å². The number of hydrogen-bond donors (Lipinski definition) is 0. The van der Waals surface area contributed by atoms with Crippen LogP contribution >= 0.6 is 0 Å². The molecule has 0 atom stereocenters. The molecule has 0 saturated carbocycles. The summed E-state index contributed by atoms with van der Waals surface area (Å²) in [7, 11) is -3.56. The van der Waals surface area contributed by atoms with Gasteiger partial charge in [-0.05, 0) is 61.4 Å². The van der Waals surface area contributed by atoms with Crippen LogP contribution in [-0.2, 0) is 10.0 Å². The summed E-state index contributed by atoms with van der Waals surface area (Å²) in [5, 5.41) is 8.84. The Morgan fingerprint density at radius 3 is 2.15 bits per heavy atom. The van der Waals surface area contributed by atoms with Crippen molar-refractivity contribution in [3.05, 3.63) is 64.7 Å². The number of carbonyl (C=O) groups excluding carboxylic acids is 1. The number of hydrogen-bond acceptors (Lipinski definition) is 4. The molecule has 7 heteroatoms. The third kappa shape index (κ3) is 3.87. The van der Waals surface area contributed by atoms with Gasteiger partial charge in [0.25, 0.3) is 5.91 Å². The van der Waals surface area contributed by atoms with Crippen molar-refractivity contribution >= 4 is 15.9 Å². The van der Waals surface area contributed by atoms with Crippen molar-refractivity contribution in [2.45, 2.75) is 18.7 Å². The first-order chi connectivity index (χ1) is 12.8. The minimum absolute atomic E-state index is 0.150. The quantitative estimate of drug-likeness (QED) is 0.815. The first-order valence-electron chi connectivity index (χ1n) is 8.70. The van der Waals surface area contributed by atoms with Crippen molar-refractivity contribution in [2.75, 3.05) is 26.2 Å². The average Bonchev–Trinajstić information content (AvgIpc) is 2.69. The highest BCUT2D eigenvalue weighted by Crippen LogP contribution is 2.21. The van der Waals surface area contributed by atoms with Gasteiger partial charge in [-0.3, -0.25) is 4.79 Å². The van der Waals surface area contributed by atoms with Gasteiger partial charge in [-0.25, -0.2) is 8.42 Å². The Morgan fingerprint density at radius 1 is 0.963 bits per heavy atom. The topological polar surface area (TPSA) is 81.5 Å². The third-order valence-corrected chi connectivity index (χ3v) is 6.80. The standard InChI is InChI=1S/C20H21N3O3S/c1-15-3-8-19(13-16(15)2)27(25,26)23-11-9-22(10-12-23)20(24)18-6-4-17(14-21)5-7-18/h3-8,13H,9-12H2,1-2H3. The summed E-state index contributed by atoms with van der Waals surface area (Å²) in [6.07, 6.45) is 0. The fraction of sp³-hybridized carbons (Fsp3) is 0.300. The molecular weight excluding hydrogens is 362 g/mol. The lowest BCUT2D eigenvalue weighted by Crippen LogP contribution is -2.50. The number of sulfonamides is 1. The molecule has 1 amide bonds. The van der Waals surface area contributed by atoms with E-state index < -0.39 is 10.0 Å². The molecule has 0 N–H and O–H groups in total. The van der Waals surface area contributed by atoms with E-state index in [2.05, 4.69) is 0 Å². The number of piperazine rings is 1. The van der Waals surface area contributed by atoms with Crippen molar-refractivity contribution in [3.8, 4) is 6.07 Å². The van der Waals surface area contributed by atoms with Crippen LogP contribution in [0.25, 0.3) is 0 Å². The van der Waals surface area contributed by atoms with Crippen LogP contribution in [0.15, 0.2) is 47.4 Å². The summed E-state index contributed by atoms with van der Waals surface area (Å²) in [5.74, 6) is -0.150. The molecular formula is C20H21N3O3S. The molecule has 1 heterocycles. The van der Waals surface area contributed by atoms with E-state index in [-0.39, 0.29) is 23.9 Å². The Hall–Kier alpha value is -2.69. The van der Waals surface area contributed by atoms with Gasteiger partial charge >= 0.3 is 0 Å². The van der Waals surface area contributed by atoms with E-state index in [1.54, 1.807) is 41.3 Å². The largest absolute Gasteiger partial charge is 0.336 e. The molecule has 3 rings (SSSR count).